The van der Waals surface area contributed by atoms with Crippen LogP contribution in [0.15, 0.2) is 23.6 Å². The molecule has 2 aliphatic rings. The lowest BCUT2D eigenvalue weighted by molar-refractivity contribution is -0.0388. The maximum absolute atomic E-state index is 13.7. The summed E-state index contributed by atoms with van der Waals surface area (Å²) in [6, 6.07) is 0. The van der Waals surface area contributed by atoms with Crippen LogP contribution in [0.4, 0.5) is 11.8 Å². The Bertz CT molecular complexity index is 1830. The van der Waals surface area contributed by atoms with Crippen LogP contribution in [-0.2, 0) is 27.7 Å². The zero-order valence-corrected chi connectivity index (χ0v) is 24.0. The molecule has 0 aromatic carbocycles. The number of aromatic nitrogens is 8. The molecule has 10 N–H and O–H groups in total. The lowest BCUT2D eigenvalue weighted by Crippen LogP contribution is -2.36. The predicted molar refractivity (Wildman–Crippen MR) is 144 cm³/mol. The van der Waals surface area contributed by atoms with Gasteiger partial charge in [0.2, 0.25) is 5.95 Å². The van der Waals surface area contributed by atoms with Crippen LogP contribution in [0.3, 0.4) is 0 Å². The summed E-state index contributed by atoms with van der Waals surface area (Å²) in [6.07, 6.45) is -7.01. The molecule has 2 aliphatic heterocycles. The third kappa shape index (κ3) is 5.29. The molecule has 238 valence electrons. The number of H-pyrrole nitrogens is 1. The van der Waals surface area contributed by atoms with Crippen molar-refractivity contribution < 1.29 is 52.8 Å². The summed E-state index contributed by atoms with van der Waals surface area (Å²) < 4.78 is 48.7. The predicted octanol–water partition coefficient (Wildman–Crippen LogP) is -3.19. The fraction of sp³-hybridized carbons (Fsp3) is 0.500. The van der Waals surface area contributed by atoms with Crippen LogP contribution in [0, 0.1) is 0 Å². The van der Waals surface area contributed by atoms with Gasteiger partial charge in [-0.05, 0) is 0 Å². The molecule has 0 saturated carbocycles. The van der Waals surface area contributed by atoms with Crippen LogP contribution < -0.4 is 17.0 Å². The van der Waals surface area contributed by atoms with Crippen LogP contribution in [0.5, 0.6) is 0 Å². The maximum atomic E-state index is 13.7. The average Bonchev–Trinajstić information content (AvgIpc) is 3.72. The quantitative estimate of drug-likeness (QED) is 0.0820. The molecule has 2 fully saturated rings. The highest BCUT2D eigenvalue weighted by Crippen LogP contribution is 2.57. The third-order valence-corrected chi connectivity index (χ3v) is 9.49. The number of nitrogen functional groups attached to an aromatic ring is 2. The lowest BCUT2D eigenvalue weighted by atomic mass is 10.1. The van der Waals surface area contributed by atoms with Gasteiger partial charge in [0, 0.05) is 0 Å². The minimum absolute atomic E-state index is 0.0515. The van der Waals surface area contributed by atoms with Crippen LogP contribution in [0.2, 0.25) is 0 Å². The molecule has 0 amide bonds. The first kappa shape index (κ1) is 30.6. The standard InChI is InChI=1S/C20H26N10O12P2/c21-15-17-23-1-6(30(17)26-4-24-15)13-12(33)10(31)8(41-13)3-40-44(37,38)14-11(32)7(2-39-43(35)36)42-19(14)29-5-25-9-16(29)27-20(22)28-18(9)34/h1,4-5,7-8,10-14,19,31-33,43H,2-3H2,(H,35,36)(H,37,38)(H2,21,24,26)(H3,22,27,28,34)/t7-,8-,10-,11-,12-,13+,14-,19-/m1/s1. The van der Waals surface area contributed by atoms with Crippen molar-refractivity contribution >= 4 is 44.4 Å². The minimum atomic E-state index is -4.99. The van der Waals surface area contributed by atoms with E-state index in [-0.39, 0.29) is 34.3 Å². The number of nitrogens with two attached hydrogens (primary N) is 2. The van der Waals surface area contributed by atoms with E-state index in [0.29, 0.717) is 0 Å². The number of anilines is 2. The number of ether oxygens (including phenoxy) is 2. The van der Waals surface area contributed by atoms with Gasteiger partial charge in [-0.25, -0.2) is 19.5 Å². The first-order chi connectivity index (χ1) is 20.9. The molecule has 6 heterocycles. The maximum Gasteiger partial charge on any atom is 0.338 e. The second-order valence-electron chi connectivity index (χ2n) is 9.90. The van der Waals surface area contributed by atoms with Gasteiger partial charge in [-0.1, -0.05) is 0 Å². The number of aromatic amines is 1. The van der Waals surface area contributed by atoms with Gasteiger partial charge in [0.25, 0.3) is 5.56 Å². The van der Waals surface area contributed by atoms with Gasteiger partial charge in [-0.15, -0.1) is 0 Å². The second kappa shape index (κ2) is 11.5. The molecule has 22 nitrogen and oxygen atoms in total. The number of rotatable bonds is 9. The van der Waals surface area contributed by atoms with E-state index in [1.165, 1.54) is 10.7 Å². The van der Waals surface area contributed by atoms with Gasteiger partial charge >= 0.3 is 15.9 Å². The molecule has 24 heteroatoms. The number of fused-ring (bicyclic) bond motifs is 2. The van der Waals surface area contributed by atoms with E-state index in [1.54, 1.807) is 0 Å². The van der Waals surface area contributed by atoms with Crippen LogP contribution in [0.25, 0.3) is 16.8 Å². The SMILES string of the molecule is Nc1nc2c(ncn2[C@@H]2O[C@H](CO[PH](=O)O)[C@@H](O)[C@H]2P(=O)(O)OC[C@H]2O[C@@H](c3cnc4c(N)ncnn34)[C@H](O)[C@@H]2O)c(=O)[nH]1. The van der Waals surface area contributed by atoms with Gasteiger partial charge in [-0.2, -0.15) is 10.1 Å². The number of nitrogens with one attached hydrogen (secondary N) is 1. The van der Waals surface area contributed by atoms with Crippen molar-refractivity contribution in [3.8, 4) is 0 Å². The minimum Gasteiger partial charge on any atom is -0.389 e. The van der Waals surface area contributed by atoms with E-state index < -0.39 is 83.1 Å². The highest BCUT2D eigenvalue weighted by Gasteiger charge is 2.56. The summed E-state index contributed by atoms with van der Waals surface area (Å²) in [7, 11) is -8.46. The summed E-state index contributed by atoms with van der Waals surface area (Å²) in [6.45, 7) is -1.41. The highest BCUT2D eigenvalue weighted by molar-refractivity contribution is 7.53. The Labute approximate surface area is 244 Å². The van der Waals surface area contributed by atoms with Crippen molar-refractivity contribution in [3.05, 3.63) is 34.9 Å². The fourth-order valence-corrected chi connectivity index (χ4v) is 7.13. The molecule has 6 rings (SSSR count). The number of nitrogens with zero attached hydrogens (tertiary/aromatic N) is 7. The first-order valence-corrected chi connectivity index (χ1v) is 15.6. The van der Waals surface area contributed by atoms with E-state index in [1.807, 2.05) is 0 Å². The number of imidazole rings is 2. The van der Waals surface area contributed by atoms with E-state index in [9.17, 15) is 34.1 Å². The molecule has 4 aromatic heterocycles. The van der Waals surface area contributed by atoms with E-state index >= 15 is 0 Å². The Kier molecular flexibility index (Phi) is 8.01. The fourth-order valence-electron chi connectivity index (χ4n) is 5.18. The summed E-state index contributed by atoms with van der Waals surface area (Å²) in [5.74, 6) is -0.252. The zero-order valence-electron chi connectivity index (χ0n) is 22.1. The molecule has 4 aromatic rings. The molecule has 2 saturated heterocycles. The lowest BCUT2D eigenvalue weighted by Gasteiger charge is -2.27. The van der Waals surface area contributed by atoms with Crippen molar-refractivity contribution in [2.24, 2.45) is 0 Å². The number of aliphatic hydroxyl groups is 3. The van der Waals surface area contributed by atoms with Crippen molar-refractivity contribution in [1.82, 2.24) is 39.1 Å². The summed E-state index contributed by atoms with van der Waals surface area (Å²) in [5.41, 5.74) is 8.93. The second-order valence-corrected chi connectivity index (χ2v) is 12.7. The molecule has 0 spiro atoms. The molecule has 0 aliphatic carbocycles. The number of aliphatic hydroxyl groups excluding tert-OH is 3. The van der Waals surface area contributed by atoms with Crippen LogP contribution in [0.1, 0.15) is 18.0 Å². The largest absolute Gasteiger partial charge is 0.389 e. The van der Waals surface area contributed by atoms with Gasteiger partial charge in [0.05, 0.1) is 31.4 Å². The molecular formula is C20H26N10O12P2. The Morgan fingerprint density at radius 2 is 1.82 bits per heavy atom. The molecule has 2 unspecified atom stereocenters. The highest BCUT2D eigenvalue weighted by atomic mass is 31.2. The average molecular weight is 660 g/mol. The molecule has 10 atom stereocenters. The monoisotopic (exact) mass is 660 g/mol. The number of hydrogen-bond donors (Lipinski definition) is 8. The third-order valence-electron chi connectivity index (χ3n) is 7.24. The van der Waals surface area contributed by atoms with Crippen molar-refractivity contribution in [1.29, 1.82) is 0 Å². The van der Waals surface area contributed by atoms with E-state index in [0.717, 1.165) is 17.2 Å². The molecular weight excluding hydrogens is 634 g/mol. The van der Waals surface area contributed by atoms with Gasteiger partial charge < -0.3 is 55.1 Å². The smallest absolute Gasteiger partial charge is 0.338 e. The van der Waals surface area contributed by atoms with Crippen LogP contribution in [-0.4, -0.2) is 114 Å². The normalized spacial score (nSPS) is 31.1. The first-order valence-electron chi connectivity index (χ1n) is 12.7. The molecule has 0 bridgehead atoms. The molecule has 44 heavy (non-hydrogen) atoms. The Hall–Kier alpha value is -3.40. The Balaban J connectivity index is 1.26. The van der Waals surface area contributed by atoms with Crippen molar-refractivity contribution in [2.75, 3.05) is 24.7 Å². The summed E-state index contributed by atoms with van der Waals surface area (Å²) in [5, 5.41) is 36.5. The molecule has 0 radical (unpaired) electrons. The van der Waals surface area contributed by atoms with Crippen molar-refractivity contribution in [3.63, 3.8) is 0 Å². The van der Waals surface area contributed by atoms with Gasteiger partial charge in [-0.3, -0.25) is 23.5 Å². The van der Waals surface area contributed by atoms with E-state index in [4.69, 9.17) is 30.4 Å². The summed E-state index contributed by atoms with van der Waals surface area (Å²) in [4.78, 5) is 50.6. The zero-order chi connectivity index (χ0) is 31.5. The van der Waals surface area contributed by atoms with Crippen LogP contribution >= 0.6 is 15.9 Å². The summed E-state index contributed by atoms with van der Waals surface area (Å²) >= 11 is 0. The topological polar surface area (TPSA) is 331 Å². The van der Waals surface area contributed by atoms with Gasteiger partial charge in [0.1, 0.15) is 48.6 Å². The van der Waals surface area contributed by atoms with E-state index in [2.05, 4.69) is 34.5 Å². The Morgan fingerprint density at radius 1 is 1.07 bits per heavy atom. The number of hydrogen-bond acceptors (Lipinski definition) is 17. The Morgan fingerprint density at radius 3 is 2.57 bits per heavy atom. The van der Waals surface area contributed by atoms with Gasteiger partial charge in [0.15, 0.2) is 28.9 Å². The van der Waals surface area contributed by atoms with Crippen molar-refractivity contribution in [2.45, 2.75) is 48.5 Å².